The van der Waals surface area contributed by atoms with E-state index in [1.807, 2.05) is 12.1 Å². The molecule has 1 heterocycles. The molecule has 0 aliphatic carbocycles. The first-order valence-electron chi connectivity index (χ1n) is 6.67. The predicted octanol–water partition coefficient (Wildman–Crippen LogP) is 1.67. The molecule has 2 rings (SSSR count). The van der Waals surface area contributed by atoms with Crippen molar-refractivity contribution in [2.75, 3.05) is 6.61 Å². The summed E-state index contributed by atoms with van der Waals surface area (Å²) in [5, 5.41) is 13.3. The Bertz CT molecular complexity index is 622. The largest absolute Gasteiger partial charge is 0.487 e. The molecule has 0 atom stereocenters. The maximum Gasteiger partial charge on any atom is 0.341 e. The van der Waals surface area contributed by atoms with Gasteiger partial charge in [-0.1, -0.05) is 18.2 Å². The molecule has 21 heavy (non-hydrogen) atoms. The van der Waals surface area contributed by atoms with Crippen LogP contribution in [0.3, 0.4) is 0 Å². The molecule has 112 valence electrons. The van der Waals surface area contributed by atoms with Gasteiger partial charge in [-0.05, 0) is 13.0 Å². The fourth-order valence-electron chi connectivity index (χ4n) is 1.93. The van der Waals surface area contributed by atoms with Gasteiger partial charge < -0.3 is 14.6 Å². The van der Waals surface area contributed by atoms with Crippen LogP contribution in [-0.2, 0) is 25.0 Å². The van der Waals surface area contributed by atoms with Gasteiger partial charge >= 0.3 is 5.97 Å². The van der Waals surface area contributed by atoms with E-state index >= 15 is 0 Å². The fraction of sp³-hybridized carbons (Fsp3) is 0.333. The van der Waals surface area contributed by atoms with Gasteiger partial charge in [0.25, 0.3) is 0 Å². The van der Waals surface area contributed by atoms with Gasteiger partial charge in [-0.2, -0.15) is 5.10 Å². The van der Waals surface area contributed by atoms with Crippen molar-refractivity contribution in [2.24, 2.45) is 7.05 Å². The molecule has 0 aliphatic rings. The summed E-state index contributed by atoms with van der Waals surface area (Å²) in [5.74, 6) is 0.163. The summed E-state index contributed by atoms with van der Waals surface area (Å²) in [4.78, 5) is 11.8. The standard InChI is InChI=1S/C15H18N2O4/c1-3-20-15(19)12-8-16-17(2)13(12)10-21-14-7-5-4-6-11(14)9-18/h4-8,18H,3,9-10H2,1-2H3. The van der Waals surface area contributed by atoms with E-state index in [4.69, 9.17) is 9.47 Å². The fourth-order valence-corrected chi connectivity index (χ4v) is 1.93. The number of nitrogens with zero attached hydrogens (tertiary/aromatic N) is 2. The van der Waals surface area contributed by atoms with Crippen LogP contribution >= 0.6 is 0 Å². The van der Waals surface area contributed by atoms with Crippen LogP contribution in [0.1, 0.15) is 28.5 Å². The summed E-state index contributed by atoms with van der Waals surface area (Å²) in [5.41, 5.74) is 1.71. The Labute approximate surface area is 122 Å². The Kier molecular flexibility index (Phi) is 4.94. The number of para-hydroxylation sites is 1. The third-order valence-corrected chi connectivity index (χ3v) is 3.06. The zero-order valence-electron chi connectivity index (χ0n) is 12.1. The van der Waals surface area contributed by atoms with Gasteiger partial charge in [-0.3, -0.25) is 4.68 Å². The molecule has 0 spiro atoms. The van der Waals surface area contributed by atoms with Crippen molar-refractivity contribution in [3.63, 3.8) is 0 Å². The summed E-state index contributed by atoms with van der Waals surface area (Å²) >= 11 is 0. The zero-order valence-corrected chi connectivity index (χ0v) is 12.1. The van der Waals surface area contributed by atoms with Crippen LogP contribution in [0.5, 0.6) is 5.75 Å². The highest BCUT2D eigenvalue weighted by atomic mass is 16.5. The minimum absolute atomic E-state index is 0.105. The van der Waals surface area contributed by atoms with Gasteiger partial charge in [0.05, 0.1) is 25.1 Å². The van der Waals surface area contributed by atoms with E-state index in [2.05, 4.69) is 5.10 Å². The van der Waals surface area contributed by atoms with Gasteiger partial charge in [-0.25, -0.2) is 4.79 Å². The maximum absolute atomic E-state index is 11.8. The van der Waals surface area contributed by atoms with Crippen LogP contribution in [0.15, 0.2) is 30.5 Å². The minimum Gasteiger partial charge on any atom is -0.487 e. The van der Waals surface area contributed by atoms with Crippen LogP contribution in [-0.4, -0.2) is 27.5 Å². The molecule has 6 heteroatoms. The molecule has 6 nitrogen and oxygen atoms in total. The van der Waals surface area contributed by atoms with E-state index in [1.165, 1.54) is 6.20 Å². The molecular weight excluding hydrogens is 272 g/mol. The molecule has 0 saturated carbocycles. The van der Waals surface area contributed by atoms with Gasteiger partial charge in [-0.15, -0.1) is 0 Å². The Morgan fingerprint density at radius 1 is 1.38 bits per heavy atom. The lowest BCUT2D eigenvalue weighted by Crippen LogP contribution is -2.11. The number of esters is 1. The second kappa shape index (κ2) is 6.90. The van der Waals surface area contributed by atoms with Crippen LogP contribution in [0.4, 0.5) is 0 Å². The van der Waals surface area contributed by atoms with Crippen molar-refractivity contribution in [1.82, 2.24) is 9.78 Å². The van der Waals surface area contributed by atoms with E-state index in [1.54, 1.807) is 30.8 Å². The number of carbonyl (C=O) groups is 1. The SMILES string of the molecule is CCOC(=O)c1cnn(C)c1COc1ccccc1CO. The normalized spacial score (nSPS) is 10.4. The van der Waals surface area contributed by atoms with E-state index in [9.17, 15) is 9.90 Å². The molecule has 0 fully saturated rings. The predicted molar refractivity (Wildman–Crippen MR) is 75.9 cm³/mol. The number of benzene rings is 1. The van der Waals surface area contributed by atoms with E-state index in [0.29, 0.717) is 29.2 Å². The third kappa shape index (κ3) is 3.41. The Hall–Kier alpha value is -2.34. The van der Waals surface area contributed by atoms with Crippen molar-refractivity contribution in [3.05, 3.63) is 47.3 Å². The molecule has 1 aromatic heterocycles. The number of carbonyl (C=O) groups excluding carboxylic acids is 1. The first kappa shape index (κ1) is 15.1. The second-order valence-corrected chi connectivity index (χ2v) is 4.40. The molecule has 0 amide bonds. The molecule has 0 saturated heterocycles. The number of aliphatic hydroxyl groups is 1. The lowest BCUT2D eigenvalue weighted by molar-refractivity contribution is 0.0523. The van der Waals surface area contributed by atoms with Gasteiger partial charge in [0.15, 0.2) is 0 Å². The lowest BCUT2D eigenvalue weighted by atomic mass is 10.2. The molecule has 0 unspecified atom stereocenters. The van der Waals surface area contributed by atoms with Crippen molar-refractivity contribution in [1.29, 1.82) is 0 Å². The average molecular weight is 290 g/mol. The number of hydrogen-bond donors (Lipinski definition) is 1. The molecule has 0 aliphatic heterocycles. The highest BCUT2D eigenvalue weighted by Crippen LogP contribution is 2.20. The van der Waals surface area contributed by atoms with Crippen LogP contribution in [0.25, 0.3) is 0 Å². The number of aromatic nitrogens is 2. The summed E-state index contributed by atoms with van der Waals surface area (Å²) < 4.78 is 12.3. The number of rotatable bonds is 6. The maximum atomic E-state index is 11.8. The van der Waals surface area contributed by atoms with Crippen molar-refractivity contribution in [2.45, 2.75) is 20.1 Å². The van der Waals surface area contributed by atoms with Crippen LogP contribution in [0.2, 0.25) is 0 Å². The smallest absolute Gasteiger partial charge is 0.341 e. The van der Waals surface area contributed by atoms with Gasteiger partial charge in [0.1, 0.15) is 17.9 Å². The number of hydrogen-bond acceptors (Lipinski definition) is 5. The summed E-state index contributed by atoms with van der Waals surface area (Å²) in [6, 6.07) is 7.20. The first-order chi connectivity index (χ1) is 10.2. The van der Waals surface area contributed by atoms with E-state index < -0.39 is 5.97 Å². The Balaban J connectivity index is 2.16. The molecule has 2 aromatic rings. The first-order valence-corrected chi connectivity index (χ1v) is 6.67. The lowest BCUT2D eigenvalue weighted by Gasteiger charge is -2.11. The molecule has 0 radical (unpaired) electrons. The van der Waals surface area contributed by atoms with E-state index in [-0.39, 0.29) is 13.2 Å². The van der Waals surface area contributed by atoms with Crippen molar-refractivity contribution >= 4 is 5.97 Å². The molecule has 1 N–H and O–H groups in total. The quantitative estimate of drug-likeness (QED) is 0.819. The van der Waals surface area contributed by atoms with Gasteiger partial charge in [0, 0.05) is 12.6 Å². The summed E-state index contributed by atoms with van der Waals surface area (Å²) in [6.07, 6.45) is 1.47. The molecule has 1 aromatic carbocycles. The van der Waals surface area contributed by atoms with E-state index in [0.717, 1.165) is 0 Å². The van der Waals surface area contributed by atoms with Gasteiger partial charge in [0.2, 0.25) is 0 Å². The third-order valence-electron chi connectivity index (χ3n) is 3.06. The summed E-state index contributed by atoms with van der Waals surface area (Å²) in [6.45, 7) is 2.12. The molecule has 0 bridgehead atoms. The second-order valence-electron chi connectivity index (χ2n) is 4.40. The summed E-state index contributed by atoms with van der Waals surface area (Å²) in [7, 11) is 1.74. The number of aryl methyl sites for hydroxylation is 1. The zero-order chi connectivity index (χ0) is 15.2. The Morgan fingerprint density at radius 3 is 2.86 bits per heavy atom. The Morgan fingerprint density at radius 2 is 2.14 bits per heavy atom. The van der Waals surface area contributed by atoms with Crippen LogP contribution < -0.4 is 4.74 Å². The highest BCUT2D eigenvalue weighted by molar-refractivity contribution is 5.90. The monoisotopic (exact) mass is 290 g/mol. The molecular formula is C15H18N2O4. The topological polar surface area (TPSA) is 73.6 Å². The minimum atomic E-state index is -0.417. The number of aliphatic hydroxyl groups excluding tert-OH is 1. The van der Waals surface area contributed by atoms with Crippen molar-refractivity contribution < 1.29 is 19.4 Å². The highest BCUT2D eigenvalue weighted by Gasteiger charge is 2.18. The average Bonchev–Trinajstić information content (AvgIpc) is 2.86. The van der Waals surface area contributed by atoms with Crippen molar-refractivity contribution in [3.8, 4) is 5.75 Å². The van der Waals surface area contributed by atoms with Crippen LogP contribution in [0, 0.1) is 0 Å². The number of ether oxygens (including phenoxy) is 2.